The fourth-order valence-corrected chi connectivity index (χ4v) is 3.69. The number of hydrogen-bond donors (Lipinski definition) is 0. The number of esters is 1. The standard InChI is InChI=1S/C29H17F7O3/c1-38-14-26(34)27(35)15-2-6-19(7-3-15)39-29(37)17-5-9-20(23(31)11-17)16-4-8-21(22(30)10-16)18-12-24(32)28(36)25(33)13-18/h2-13H,14H2,1H3/b27-26+. The van der Waals surface area contributed by atoms with Crippen molar-refractivity contribution >= 4 is 11.8 Å². The van der Waals surface area contributed by atoms with Gasteiger partial charge in [0.05, 0.1) is 5.56 Å². The first-order chi connectivity index (χ1) is 18.6. The molecule has 0 heterocycles. The van der Waals surface area contributed by atoms with E-state index < -0.39 is 53.3 Å². The fourth-order valence-electron chi connectivity index (χ4n) is 3.69. The van der Waals surface area contributed by atoms with Crippen LogP contribution in [-0.2, 0) is 4.74 Å². The Labute approximate surface area is 217 Å². The molecule has 0 radical (unpaired) electrons. The van der Waals surface area contributed by atoms with Crippen LogP contribution in [0, 0.1) is 29.1 Å². The molecule has 0 bridgehead atoms. The van der Waals surface area contributed by atoms with Crippen LogP contribution in [-0.4, -0.2) is 19.7 Å². The monoisotopic (exact) mass is 546 g/mol. The SMILES string of the molecule is COC/C(F)=C(\F)c1ccc(OC(=O)c2ccc(-c3ccc(-c4cc(F)c(F)c(F)c4)c(F)c3)c(F)c2)cc1. The van der Waals surface area contributed by atoms with Crippen LogP contribution in [0.25, 0.3) is 28.1 Å². The second kappa shape index (κ2) is 11.5. The third kappa shape index (κ3) is 6.01. The van der Waals surface area contributed by atoms with Crippen LogP contribution in [0.3, 0.4) is 0 Å². The van der Waals surface area contributed by atoms with E-state index in [-0.39, 0.29) is 39.1 Å². The Morgan fingerprint density at radius 2 is 1.21 bits per heavy atom. The number of ether oxygens (including phenoxy) is 2. The second-order valence-corrected chi connectivity index (χ2v) is 8.21. The molecule has 200 valence electrons. The molecule has 39 heavy (non-hydrogen) atoms. The van der Waals surface area contributed by atoms with E-state index in [2.05, 4.69) is 4.74 Å². The van der Waals surface area contributed by atoms with Gasteiger partial charge in [0.2, 0.25) is 0 Å². The molecular formula is C29H17F7O3. The predicted molar refractivity (Wildman–Crippen MR) is 130 cm³/mol. The molecule has 0 amide bonds. The number of methoxy groups -OCH3 is 1. The maximum Gasteiger partial charge on any atom is 0.343 e. The minimum absolute atomic E-state index is 0.0143. The minimum Gasteiger partial charge on any atom is -0.423 e. The molecule has 0 spiro atoms. The van der Waals surface area contributed by atoms with E-state index in [0.717, 1.165) is 18.2 Å². The summed E-state index contributed by atoms with van der Waals surface area (Å²) in [5.41, 5.74) is -0.804. The molecule has 0 aliphatic heterocycles. The van der Waals surface area contributed by atoms with Crippen molar-refractivity contribution in [3.8, 4) is 28.0 Å². The van der Waals surface area contributed by atoms with Crippen molar-refractivity contribution in [2.24, 2.45) is 0 Å². The molecule has 0 unspecified atom stereocenters. The van der Waals surface area contributed by atoms with E-state index >= 15 is 0 Å². The zero-order chi connectivity index (χ0) is 28.3. The first-order valence-corrected chi connectivity index (χ1v) is 11.2. The van der Waals surface area contributed by atoms with Crippen LogP contribution in [0.15, 0.2) is 78.6 Å². The van der Waals surface area contributed by atoms with Crippen molar-refractivity contribution in [2.75, 3.05) is 13.7 Å². The van der Waals surface area contributed by atoms with E-state index in [1.165, 1.54) is 49.6 Å². The molecule has 0 aliphatic carbocycles. The van der Waals surface area contributed by atoms with Crippen molar-refractivity contribution in [1.82, 2.24) is 0 Å². The molecule has 0 aliphatic rings. The van der Waals surface area contributed by atoms with Crippen LogP contribution in [0.1, 0.15) is 15.9 Å². The summed E-state index contributed by atoms with van der Waals surface area (Å²) in [6.45, 7) is -0.546. The summed E-state index contributed by atoms with van der Waals surface area (Å²) in [6, 6.07) is 12.8. The van der Waals surface area contributed by atoms with Crippen molar-refractivity contribution in [1.29, 1.82) is 0 Å². The van der Waals surface area contributed by atoms with Crippen molar-refractivity contribution in [3.63, 3.8) is 0 Å². The lowest BCUT2D eigenvalue weighted by Gasteiger charge is -2.10. The Hall–Kier alpha value is -4.44. The molecule has 4 aromatic rings. The largest absolute Gasteiger partial charge is 0.423 e. The van der Waals surface area contributed by atoms with Gasteiger partial charge >= 0.3 is 5.97 Å². The molecule has 0 saturated carbocycles. The molecule has 4 rings (SSSR count). The first kappa shape index (κ1) is 27.6. The quantitative estimate of drug-likeness (QED) is 0.102. The second-order valence-electron chi connectivity index (χ2n) is 8.21. The van der Waals surface area contributed by atoms with Gasteiger partial charge in [-0.25, -0.2) is 35.5 Å². The van der Waals surface area contributed by atoms with Gasteiger partial charge in [0, 0.05) is 23.8 Å². The van der Waals surface area contributed by atoms with Crippen molar-refractivity contribution < 1.29 is 45.0 Å². The van der Waals surface area contributed by atoms with Crippen molar-refractivity contribution in [3.05, 3.63) is 119 Å². The molecule has 3 nitrogen and oxygen atoms in total. The Kier molecular flexibility index (Phi) is 8.15. The van der Waals surface area contributed by atoms with Gasteiger partial charge in [0.15, 0.2) is 29.1 Å². The third-order valence-corrected chi connectivity index (χ3v) is 5.61. The van der Waals surface area contributed by atoms with Gasteiger partial charge in [-0.3, -0.25) is 0 Å². The van der Waals surface area contributed by atoms with Crippen molar-refractivity contribution in [2.45, 2.75) is 0 Å². The van der Waals surface area contributed by atoms with E-state index in [1.54, 1.807) is 0 Å². The topological polar surface area (TPSA) is 35.5 Å². The van der Waals surface area contributed by atoms with Gasteiger partial charge in [-0.05, 0) is 65.7 Å². The van der Waals surface area contributed by atoms with Gasteiger partial charge in [-0.15, -0.1) is 0 Å². The van der Waals surface area contributed by atoms with E-state index in [4.69, 9.17) is 4.74 Å². The van der Waals surface area contributed by atoms with Gasteiger partial charge in [0.1, 0.15) is 24.0 Å². The summed E-state index contributed by atoms with van der Waals surface area (Å²) in [6.07, 6.45) is 0. The van der Waals surface area contributed by atoms with Crippen LogP contribution in [0.4, 0.5) is 30.7 Å². The number of rotatable bonds is 7. The molecule has 4 aromatic carbocycles. The molecular weight excluding hydrogens is 529 g/mol. The van der Waals surface area contributed by atoms with Gasteiger partial charge in [-0.1, -0.05) is 18.2 Å². The summed E-state index contributed by atoms with van der Waals surface area (Å²) in [5.74, 6) is -9.71. The summed E-state index contributed by atoms with van der Waals surface area (Å²) in [4.78, 5) is 12.5. The highest BCUT2D eigenvalue weighted by Gasteiger charge is 2.17. The fraction of sp³-hybridized carbons (Fsp3) is 0.0690. The Balaban J connectivity index is 1.52. The lowest BCUT2D eigenvalue weighted by molar-refractivity contribution is 0.0734. The van der Waals surface area contributed by atoms with Crippen LogP contribution < -0.4 is 4.74 Å². The highest BCUT2D eigenvalue weighted by molar-refractivity contribution is 5.92. The van der Waals surface area contributed by atoms with E-state index in [1.807, 2.05) is 0 Å². The molecule has 0 atom stereocenters. The Morgan fingerprint density at radius 1 is 0.667 bits per heavy atom. The van der Waals surface area contributed by atoms with Crippen LogP contribution >= 0.6 is 0 Å². The predicted octanol–water partition coefficient (Wildman–Crippen LogP) is 8.19. The molecule has 0 aromatic heterocycles. The zero-order valence-corrected chi connectivity index (χ0v) is 20.0. The summed E-state index contributed by atoms with van der Waals surface area (Å²) in [7, 11) is 1.21. The summed E-state index contributed by atoms with van der Waals surface area (Å²) >= 11 is 0. The van der Waals surface area contributed by atoms with Gasteiger partial charge in [-0.2, -0.15) is 0 Å². The number of hydrogen-bond acceptors (Lipinski definition) is 3. The van der Waals surface area contributed by atoms with Gasteiger partial charge < -0.3 is 9.47 Å². The van der Waals surface area contributed by atoms with Gasteiger partial charge in [0.25, 0.3) is 0 Å². The summed E-state index contributed by atoms with van der Waals surface area (Å²) < 4.78 is 107. The number of halogens is 7. The molecule has 0 fully saturated rings. The molecule has 0 N–H and O–H groups in total. The lowest BCUT2D eigenvalue weighted by atomic mass is 9.98. The Bertz CT molecular complexity index is 1560. The van der Waals surface area contributed by atoms with Crippen LogP contribution in [0.2, 0.25) is 0 Å². The minimum atomic E-state index is -1.69. The average molecular weight is 546 g/mol. The van der Waals surface area contributed by atoms with E-state index in [9.17, 15) is 35.5 Å². The smallest absolute Gasteiger partial charge is 0.343 e. The third-order valence-electron chi connectivity index (χ3n) is 5.61. The molecule has 10 heteroatoms. The van der Waals surface area contributed by atoms with Crippen LogP contribution in [0.5, 0.6) is 5.75 Å². The normalized spacial score (nSPS) is 11.8. The highest BCUT2D eigenvalue weighted by Crippen LogP contribution is 2.31. The average Bonchev–Trinajstić information content (AvgIpc) is 2.91. The highest BCUT2D eigenvalue weighted by atomic mass is 19.2. The number of benzene rings is 4. The number of carbonyl (C=O) groups is 1. The zero-order valence-electron chi connectivity index (χ0n) is 20.0. The Morgan fingerprint density at radius 3 is 1.79 bits per heavy atom. The maximum absolute atomic E-state index is 14.9. The number of carbonyl (C=O) groups excluding carboxylic acids is 1. The lowest BCUT2D eigenvalue weighted by Crippen LogP contribution is -2.09. The molecule has 0 saturated heterocycles. The van der Waals surface area contributed by atoms with E-state index in [0.29, 0.717) is 12.1 Å². The first-order valence-electron chi connectivity index (χ1n) is 11.2. The maximum atomic E-state index is 14.9. The summed E-state index contributed by atoms with van der Waals surface area (Å²) in [5, 5.41) is 0.